The van der Waals surface area contributed by atoms with Crippen LogP contribution in [0.4, 0.5) is 0 Å². The van der Waals surface area contributed by atoms with Gasteiger partial charge in [0.05, 0.1) is 0 Å². The Morgan fingerprint density at radius 3 is 2.37 bits per heavy atom. The molecule has 0 radical (unpaired) electrons. The molecule has 1 nitrogen and oxygen atoms in total. The van der Waals surface area contributed by atoms with Gasteiger partial charge in [-0.25, -0.2) is 0 Å². The third-order valence-electron chi connectivity index (χ3n) is 3.27. The van der Waals surface area contributed by atoms with E-state index in [4.69, 9.17) is 0 Å². The van der Waals surface area contributed by atoms with E-state index in [0.29, 0.717) is 12.0 Å². The van der Waals surface area contributed by atoms with Gasteiger partial charge in [-0.1, -0.05) is 38.1 Å². The predicted molar refractivity (Wildman–Crippen MR) is 87.8 cm³/mol. The van der Waals surface area contributed by atoms with Crippen molar-refractivity contribution in [3.63, 3.8) is 0 Å². The molecule has 19 heavy (non-hydrogen) atoms. The first-order chi connectivity index (χ1) is 9.06. The average molecular weight is 338 g/mol. The van der Waals surface area contributed by atoms with Crippen LogP contribution in [0.2, 0.25) is 0 Å². The second-order valence-corrected chi connectivity index (χ2v) is 7.02. The quantitative estimate of drug-likeness (QED) is 0.761. The first-order valence-electron chi connectivity index (χ1n) is 6.62. The Kier molecular flexibility index (Phi) is 5.20. The highest BCUT2D eigenvalue weighted by Gasteiger charge is 2.07. The number of thiophene rings is 1. The Labute approximate surface area is 128 Å². The lowest BCUT2D eigenvalue weighted by Crippen LogP contribution is -2.17. The van der Waals surface area contributed by atoms with Gasteiger partial charge < -0.3 is 5.32 Å². The molecule has 0 aliphatic heterocycles. The highest BCUT2D eigenvalue weighted by molar-refractivity contribution is 9.10. The Balaban J connectivity index is 1.91. The van der Waals surface area contributed by atoms with Crippen molar-refractivity contribution < 1.29 is 0 Å². The van der Waals surface area contributed by atoms with Crippen molar-refractivity contribution in [1.29, 1.82) is 0 Å². The Morgan fingerprint density at radius 2 is 1.84 bits per heavy atom. The lowest BCUT2D eigenvalue weighted by molar-refractivity contribution is 0.582. The van der Waals surface area contributed by atoms with Gasteiger partial charge in [-0.3, -0.25) is 0 Å². The fourth-order valence-electron chi connectivity index (χ4n) is 1.95. The molecule has 1 N–H and O–H groups in total. The summed E-state index contributed by atoms with van der Waals surface area (Å²) in [5.41, 5.74) is 2.74. The molecular weight excluding hydrogens is 318 g/mol. The molecule has 1 aromatic carbocycles. The summed E-state index contributed by atoms with van der Waals surface area (Å²) < 4.78 is 1.17. The summed E-state index contributed by atoms with van der Waals surface area (Å²) in [7, 11) is 0. The molecule has 1 unspecified atom stereocenters. The van der Waals surface area contributed by atoms with Crippen LogP contribution in [0.5, 0.6) is 0 Å². The van der Waals surface area contributed by atoms with Gasteiger partial charge in [-0.15, -0.1) is 11.3 Å². The number of rotatable bonds is 5. The lowest BCUT2D eigenvalue weighted by atomic mass is 10.0. The fraction of sp³-hybridized carbons (Fsp3) is 0.375. The third-order valence-corrected chi connectivity index (χ3v) is 5.15. The van der Waals surface area contributed by atoms with Gasteiger partial charge in [-0.05, 0) is 46.0 Å². The average Bonchev–Trinajstić information content (AvgIpc) is 2.83. The smallest absolute Gasteiger partial charge is 0.0389 e. The molecule has 0 aliphatic rings. The van der Waals surface area contributed by atoms with Gasteiger partial charge in [-0.2, -0.15) is 0 Å². The minimum absolute atomic E-state index is 0.390. The highest BCUT2D eigenvalue weighted by atomic mass is 79.9. The van der Waals surface area contributed by atoms with Gasteiger partial charge in [0.15, 0.2) is 0 Å². The Bertz CT molecular complexity index is 516. The molecule has 0 spiro atoms. The highest BCUT2D eigenvalue weighted by Crippen LogP contribution is 2.25. The second kappa shape index (κ2) is 6.69. The van der Waals surface area contributed by atoms with E-state index in [9.17, 15) is 0 Å². The number of benzene rings is 1. The van der Waals surface area contributed by atoms with E-state index < -0.39 is 0 Å². The van der Waals surface area contributed by atoms with E-state index in [1.54, 1.807) is 11.3 Å². The topological polar surface area (TPSA) is 12.0 Å². The summed E-state index contributed by atoms with van der Waals surface area (Å²) in [5.74, 6) is 0.601. The lowest BCUT2D eigenvalue weighted by Gasteiger charge is -2.13. The molecule has 0 saturated carbocycles. The van der Waals surface area contributed by atoms with Crippen LogP contribution in [0.25, 0.3) is 0 Å². The Morgan fingerprint density at radius 1 is 1.16 bits per heavy atom. The number of hydrogen-bond acceptors (Lipinski definition) is 2. The SMILES string of the molecule is CC(C)c1ccc(CNC(C)c2cc(Br)cs2)cc1. The van der Waals surface area contributed by atoms with E-state index in [1.165, 1.54) is 20.5 Å². The summed E-state index contributed by atoms with van der Waals surface area (Å²) >= 11 is 5.29. The first kappa shape index (κ1) is 14.8. The molecule has 2 aromatic rings. The summed E-state index contributed by atoms with van der Waals surface area (Å²) in [6, 6.07) is 11.5. The van der Waals surface area contributed by atoms with Crippen molar-refractivity contribution in [2.75, 3.05) is 0 Å². The minimum Gasteiger partial charge on any atom is -0.305 e. The van der Waals surface area contributed by atoms with Crippen LogP contribution in [-0.4, -0.2) is 0 Å². The molecule has 0 fully saturated rings. The van der Waals surface area contributed by atoms with Gasteiger partial charge in [0, 0.05) is 27.3 Å². The molecule has 3 heteroatoms. The van der Waals surface area contributed by atoms with E-state index in [0.717, 1.165) is 6.54 Å². The largest absolute Gasteiger partial charge is 0.305 e. The third kappa shape index (κ3) is 4.16. The number of halogens is 1. The van der Waals surface area contributed by atoms with Gasteiger partial charge >= 0.3 is 0 Å². The van der Waals surface area contributed by atoms with Crippen molar-refractivity contribution in [2.45, 2.75) is 39.3 Å². The molecular formula is C16H20BrNS. The zero-order chi connectivity index (χ0) is 13.8. The van der Waals surface area contributed by atoms with Gasteiger partial charge in [0.25, 0.3) is 0 Å². The van der Waals surface area contributed by atoms with Crippen LogP contribution in [0.15, 0.2) is 40.2 Å². The zero-order valence-corrected chi connectivity index (χ0v) is 14.0. The molecule has 0 aliphatic carbocycles. The number of hydrogen-bond donors (Lipinski definition) is 1. The van der Waals surface area contributed by atoms with E-state index in [1.807, 2.05) is 0 Å². The molecule has 0 bridgehead atoms. The van der Waals surface area contributed by atoms with E-state index >= 15 is 0 Å². The summed E-state index contributed by atoms with van der Waals surface area (Å²) in [4.78, 5) is 1.37. The van der Waals surface area contributed by atoms with Gasteiger partial charge in [0.2, 0.25) is 0 Å². The summed E-state index contributed by atoms with van der Waals surface area (Å²) in [5, 5.41) is 5.70. The number of nitrogens with one attached hydrogen (secondary N) is 1. The molecule has 0 amide bonds. The molecule has 1 atom stereocenters. The maximum absolute atomic E-state index is 3.57. The molecule has 2 rings (SSSR count). The molecule has 1 aromatic heterocycles. The van der Waals surface area contributed by atoms with E-state index in [2.05, 4.69) is 77.7 Å². The zero-order valence-electron chi connectivity index (χ0n) is 11.6. The normalized spacial score (nSPS) is 12.9. The predicted octanol–water partition coefficient (Wildman–Crippen LogP) is 5.48. The maximum Gasteiger partial charge on any atom is 0.0389 e. The van der Waals surface area contributed by atoms with Crippen molar-refractivity contribution in [2.24, 2.45) is 0 Å². The van der Waals surface area contributed by atoms with Crippen LogP contribution in [0, 0.1) is 0 Å². The minimum atomic E-state index is 0.390. The van der Waals surface area contributed by atoms with Crippen LogP contribution >= 0.6 is 27.3 Å². The fourth-order valence-corrected chi connectivity index (χ4v) is 3.42. The van der Waals surface area contributed by atoms with Crippen molar-refractivity contribution in [3.8, 4) is 0 Å². The van der Waals surface area contributed by atoms with Crippen LogP contribution in [0.1, 0.15) is 48.7 Å². The standard InChI is InChI=1S/C16H20BrNS/c1-11(2)14-6-4-13(5-7-14)9-18-12(3)16-8-15(17)10-19-16/h4-8,10-12,18H,9H2,1-3H3. The van der Waals surface area contributed by atoms with E-state index in [-0.39, 0.29) is 0 Å². The first-order valence-corrected chi connectivity index (χ1v) is 8.29. The monoisotopic (exact) mass is 337 g/mol. The molecule has 102 valence electrons. The summed E-state index contributed by atoms with van der Waals surface area (Å²) in [6.45, 7) is 7.57. The molecule has 1 heterocycles. The van der Waals surface area contributed by atoms with Crippen LogP contribution in [-0.2, 0) is 6.54 Å². The van der Waals surface area contributed by atoms with Crippen LogP contribution in [0.3, 0.4) is 0 Å². The summed E-state index contributed by atoms with van der Waals surface area (Å²) in [6.07, 6.45) is 0. The molecule has 0 saturated heterocycles. The van der Waals surface area contributed by atoms with Crippen molar-refractivity contribution in [1.82, 2.24) is 5.32 Å². The second-order valence-electron chi connectivity index (χ2n) is 5.17. The maximum atomic E-state index is 3.57. The van der Waals surface area contributed by atoms with Gasteiger partial charge in [0.1, 0.15) is 0 Å². The Hall–Kier alpha value is -0.640. The van der Waals surface area contributed by atoms with Crippen molar-refractivity contribution in [3.05, 3.63) is 56.2 Å². The van der Waals surface area contributed by atoms with Crippen LogP contribution < -0.4 is 5.32 Å². The van der Waals surface area contributed by atoms with Crippen molar-refractivity contribution >= 4 is 27.3 Å².